The lowest BCUT2D eigenvalue weighted by atomic mass is 10.0. The monoisotopic (exact) mass is 648 g/mol. The number of sulfonamides is 1. The summed E-state index contributed by atoms with van der Waals surface area (Å²) in [6.07, 6.45) is -1.69. The van der Waals surface area contributed by atoms with E-state index in [1.54, 1.807) is 18.2 Å². The van der Waals surface area contributed by atoms with Crippen molar-refractivity contribution in [3.63, 3.8) is 0 Å². The molecular weight excluding hydrogens is 626 g/mol. The van der Waals surface area contributed by atoms with Crippen LogP contribution in [0.5, 0.6) is 0 Å². The van der Waals surface area contributed by atoms with Crippen molar-refractivity contribution in [3.8, 4) is 5.69 Å². The SMILES string of the molecule is O=C(O)N[C@@H](Cc1cc(F)cc(F)c1)c1nc2cc(Br)ccc2c(=O)n1-c1ccc(S(=O)(=O)N2CCOCC2)cc1. The first-order chi connectivity index (χ1) is 19.5. The number of amides is 1. The molecule has 41 heavy (non-hydrogen) atoms. The molecule has 3 aromatic carbocycles. The van der Waals surface area contributed by atoms with Gasteiger partial charge in [0.15, 0.2) is 0 Å². The zero-order chi connectivity index (χ0) is 29.3. The number of nitrogens with zero attached hydrogens (tertiary/aromatic N) is 3. The molecule has 0 unspecified atom stereocenters. The third-order valence-corrected chi connectivity index (χ3v) is 8.94. The minimum absolute atomic E-state index is 0.00544. The van der Waals surface area contributed by atoms with Crippen molar-refractivity contribution in [1.29, 1.82) is 0 Å². The van der Waals surface area contributed by atoms with Crippen LogP contribution in [0.1, 0.15) is 17.4 Å². The number of aromatic nitrogens is 2. The highest BCUT2D eigenvalue weighted by Crippen LogP contribution is 2.25. The first-order valence-electron chi connectivity index (χ1n) is 12.4. The molecule has 10 nitrogen and oxygen atoms in total. The molecule has 4 aromatic rings. The van der Waals surface area contributed by atoms with Crippen LogP contribution in [-0.2, 0) is 21.2 Å². The van der Waals surface area contributed by atoms with Crippen molar-refractivity contribution in [3.05, 3.63) is 98.5 Å². The van der Waals surface area contributed by atoms with Gasteiger partial charge in [0, 0.05) is 30.0 Å². The molecule has 14 heteroatoms. The van der Waals surface area contributed by atoms with Crippen molar-refractivity contribution >= 4 is 42.9 Å². The van der Waals surface area contributed by atoms with E-state index in [1.807, 2.05) is 0 Å². The molecule has 0 spiro atoms. The van der Waals surface area contributed by atoms with Crippen LogP contribution in [-0.4, -0.2) is 59.8 Å². The van der Waals surface area contributed by atoms with Crippen LogP contribution in [0.3, 0.4) is 0 Å². The van der Waals surface area contributed by atoms with Crippen LogP contribution in [0.15, 0.2) is 74.8 Å². The quantitative estimate of drug-likeness (QED) is 0.310. The highest BCUT2D eigenvalue weighted by molar-refractivity contribution is 9.10. The van der Waals surface area contributed by atoms with Gasteiger partial charge in [-0.05, 0) is 60.2 Å². The average Bonchev–Trinajstić information content (AvgIpc) is 2.92. The summed E-state index contributed by atoms with van der Waals surface area (Å²) in [5.74, 6) is -1.76. The number of morpholine rings is 1. The maximum Gasteiger partial charge on any atom is 0.405 e. The second-order valence-corrected chi connectivity index (χ2v) is 12.1. The topological polar surface area (TPSA) is 131 Å². The molecule has 1 fully saturated rings. The van der Waals surface area contributed by atoms with Crippen molar-refractivity contribution in [2.24, 2.45) is 0 Å². The summed E-state index contributed by atoms with van der Waals surface area (Å²) >= 11 is 3.34. The number of carbonyl (C=O) groups is 1. The van der Waals surface area contributed by atoms with Gasteiger partial charge in [0.25, 0.3) is 5.56 Å². The van der Waals surface area contributed by atoms with E-state index in [4.69, 9.17) is 4.74 Å². The molecule has 0 saturated carbocycles. The number of fused-ring (bicyclic) bond motifs is 1. The predicted octanol–water partition coefficient (Wildman–Crippen LogP) is 4.00. The van der Waals surface area contributed by atoms with Gasteiger partial charge in [-0.1, -0.05) is 15.9 Å². The molecule has 0 radical (unpaired) electrons. The van der Waals surface area contributed by atoms with Gasteiger partial charge < -0.3 is 15.2 Å². The Morgan fingerprint density at radius 1 is 1.05 bits per heavy atom. The van der Waals surface area contributed by atoms with Gasteiger partial charge in [0.2, 0.25) is 10.0 Å². The van der Waals surface area contributed by atoms with Gasteiger partial charge in [-0.3, -0.25) is 9.36 Å². The standard InChI is InChI=1S/C27H23BrF2N4O6S/c28-17-1-6-22-23(14-17)31-25(24(32-27(36)37)13-16-11-18(29)15-19(30)12-16)34(26(22)35)20-2-4-21(5-3-20)41(38,39)33-7-9-40-10-8-33/h1-6,11-12,14-15,24,32H,7-10,13H2,(H,36,37)/t24-/m0/s1. The van der Waals surface area contributed by atoms with E-state index < -0.39 is 39.4 Å². The summed E-state index contributed by atoms with van der Waals surface area (Å²) in [5.41, 5.74) is 0.0443. The van der Waals surface area contributed by atoms with Gasteiger partial charge in [-0.25, -0.2) is 27.0 Å². The fourth-order valence-electron chi connectivity index (χ4n) is 4.68. The van der Waals surface area contributed by atoms with Crippen LogP contribution in [0.4, 0.5) is 13.6 Å². The molecular formula is C27H23BrF2N4O6S. The van der Waals surface area contributed by atoms with Gasteiger partial charge in [-0.2, -0.15) is 4.31 Å². The molecule has 0 aliphatic carbocycles. The zero-order valence-electron chi connectivity index (χ0n) is 21.3. The molecule has 0 bridgehead atoms. The largest absolute Gasteiger partial charge is 0.465 e. The van der Waals surface area contributed by atoms with Crippen LogP contribution < -0.4 is 10.9 Å². The van der Waals surface area contributed by atoms with Crippen molar-refractivity contribution < 1.29 is 31.8 Å². The Labute approximate surface area is 241 Å². The molecule has 1 amide bonds. The molecule has 5 rings (SSSR count). The molecule has 2 heterocycles. The summed E-state index contributed by atoms with van der Waals surface area (Å²) in [5, 5.41) is 12.1. The van der Waals surface area contributed by atoms with E-state index in [9.17, 15) is 31.9 Å². The number of ether oxygens (including phenoxy) is 1. The minimum atomic E-state index is -3.82. The van der Waals surface area contributed by atoms with Crippen LogP contribution in [0, 0.1) is 11.6 Å². The second kappa shape index (κ2) is 11.6. The Bertz CT molecular complexity index is 1770. The van der Waals surface area contributed by atoms with Crippen LogP contribution in [0.25, 0.3) is 16.6 Å². The second-order valence-electron chi connectivity index (χ2n) is 9.27. The Morgan fingerprint density at radius 2 is 1.71 bits per heavy atom. The van der Waals surface area contributed by atoms with Crippen LogP contribution >= 0.6 is 15.9 Å². The van der Waals surface area contributed by atoms with Gasteiger partial charge in [-0.15, -0.1) is 0 Å². The highest BCUT2D eigenvalue weighted by Gasteiger charge is 2.28. The summed E-state index contributed by atoms with van der Waals surface area (Å²) in [7, 11) is -3.82. The first-order valence-corrected chi connectivity index (χ1v) is 14.6. The molecule has 1 aromatic heterocycles. The number of carboxylic acid groups (broad SMARTS) is 1. The smallest absolute Gasteiger partial charge is 0.405 e. The average molecular weight is 649 g/mol. The molecule has 1 atom stereocenters. The predicted molar refractivity (Wildman–Crippen MR) is 149 cm³/mol. The zero-order valence-corrected chi connectivity index (χ0v) is 23.7. The number of hydrogen-bond donors (Lipinski definition) is 2. The van der Waals surface area contributed by atoms with Gasteiger partial charge in [0.05, 0.1) is 40.7 Å². The van der Waals surface area contributed by atoms with Crippen molar-refractivity contribution in [2.45, 2.75) is 17.4 Å². The fraction of sp³-hybridized carbons (Fsp3) is 0.222. The summed E-state index contributed by atoms with van der Waals surface area (Å²) in [4.78, 5) is 30.2. The third-order valence-electron chi connectivity index (χ3n) is 6.53. The Kier molecular flexibility index (Phi) is 8.18. The number of halogens is 3. The van der Waals surface area contributed by atoms with Gasteiger partial charge in [0.1, 0.15) is 17.5 Å². The lowest BCUT2D eigenvalue weighted by Gasteiger charge is -2.26. The van der Waals surface area contributed by atoms with E-state index in [0.29, 0.717) is 10.5 Å². The number of benzene rings is 3. The maximum atomic E-state index is 14.0. The normalized spacial score (nSPS) is 15.1. The van der Waals surface area contributed by atoms with E-state index in [2.05, 4.69) is 26.2 Å². The summed E-state index contributed by atoms with van der Waals surface area (Å²) in [6, 6.07) is 11.9. The van der Waals surface area contributed by atoms with Crippen molar-refractivity contribution in [2.75, 3.05) is 26.3 Å². The molecule has 1 saturated heterocycles. The lowest BCUT2D eigenvalue weighted by molar-refractivity contribution is 0.0730. The number of hydrogen-bond acceptors (Lipinski definition) is 6. The molecule has 1 aliphatic rings. The Balaban J connectivity index is 1.66. The number of nitrogens with one attached hydrogen (secondary N) is 1. The minimum Gasteiger partial charge on any atom is -0.465 e. The highest BCUT2D eigenvalue weighted by atomic mass is 79.9. The Hall–Kier alpha value is -3.72. The number of rotatable bonds is 7. The van der Waals surface area contributed by atoms with Crippen LogP contribution in [0.2, 0.25) is 0 Å². The molecule has 2 N–H and O–H groups in total. The lowest BCUT2D eigenvalue weighted by Crippen LogP contribution is -2.40. The Morgan fingerprint density at radius 3 is 2.34 bits per heavy atom. The van der Waals surface area contributed by atoms with E-state index in [0.717, 1.165) is 16.7 Å². The fourth-order valence-corrected chi connectivity index (χ4v) is 6.44. The molecule has 1 aliphatic heterocycles. The summed E-state index contributed by atoms with van der Waals surface area (Å²) < 4.78 is 62.5. The van der Waals surface area contributed by atoms with Crippen molar-refractivity contribution in [1.82, 2.24) is 19.2 Å². The molecule has 214 valence electrons. The van der Waals surface area contributed by atoms with E-state index in [-0.39, 0.29) is 65.6 Å². The maximum absolute atomic E-state index is 14.0. The third kappa shape index (κ3) is 6.15. The van der Waals surface area contributed by atoms with E-state index in [1.165, 1.54) is 28.6 Å². The summed E-state index contributed by atoms with van der Waals surface area (Å²) in [6.45, 7) is 0.979. The van der Waals surface area contributed by atoms with E-state index >= 15 is 0 Å². The van der Waals surface area contributed by atoms with Gasteiger partial charge >= 0.3 is 6.09 Å². The first kappa shape index (κ1) is 28.8.